The molecular weight excluding hydrogens is 378 g/mol. The van der Waals surface area contributed by atoms with Gasteiger partial charge in [0.25, 0.3) is 5.91 Å². The van der Waals surface area contributed by atoms with Gasteiger partial charge in [0, 0.05) is 31.1 Å². The van der Waals surface area contributed by atoms with Gasteiger partial charge in [0.05, 0.1) is 5.56 Å². The van der Waals surface area contributed by atoms with Crippen LogP contribution in [0.1, 0.15) is 46.4 Å². The lowest BCUT2D eigenvalue weighted by atomic mass is 9.93. The number of nitrogens with two attached hydrogens (primary N) is 1. The summed E-state index contributed by atoms with van der Waals surface area (Å²) < 4.78 is 5.20. The number of hydrogen-bond acceptors (Lipinski definition) is 7. The summed E-state index contributed by atoms with van der Waals surface area (Å²) in [4.78, 5) is 47.7. The number of ether oxygens (including phenoxy) is 1. The fourth-order valence-electron chi connectivity index (χ4n) is 2.74. The highest BCUT2D eigenvalue weighted by molar-refractivity contribution is 6.24. The SMILES string of the molecule is NCCCC(=O)NCCCCNC(=O)COC1=CC(=O)c2c(O)cccc2C1=O. The average molecular weight is 403 g/mol. The van der Waals surface area contributed by atoms with E-state index in [0.717, 1.165) is 6.08 Å². The first-order valence-corrected chi connectivity index (χ1v) is 9.43. The molecule has 0 aromatic heterocycles. The van der Waals surface area contributed by atoms with Gasteiger partial charge in [-0.25, -0.2) is 0 Å². The third kappa shape index (κ3) is 6.42. The number of fused-ring (bicyclic) bond motifs is 1. The van der Waals surface area contributed by atoms with Crippen LogP contribution >= 0.6 is 0 Å². The Morgan fingerprint density at radius 2 is 1.72 bits per heavy atom. The van der Waals surface area contributed by atoms with Gasteiger partial charge >= 0.3 is 0 Å². The van der Waals surface area contributed by atoms with Crippen molar-refractivity contribution in [3.63, 3.8) is 0 Å². The van der Waals surface area contributed by atoms with E-state index in [-0.39, 0.29) is 28.5 Å². The lowest BCUT2D eigenvalue weighted by molar-refractivity contribution is -0.124. The number of rotatable bonds is 11. The van der Waals surface area contributed by atoms with Gasteiger partial charge in [0.1, 0.15) is 5.75 Å². The summed E-state index contributed by atoms with van der Waals surface area (Å²) in [6, 6.07) is 4.19. The molecule has 1 aromatic rings. The molecule has 1 aliphatic carbocycles. The van der Waals surface area contributed by atoms with E-state index >= 15 is 0 Å². The maximum atomic E-state index is 12.4. The molecule has 2 amide bonds. The average Bonchev–Trinajstić information content (AvgIpc) is 2.70. The Morgan fingerprint density at radius 1 is 1.03 bits per heavy atom. The van der Waals surface area contributed by atoms with Gasteiger partial charge in [-0.05, 0) is 37.9 Å². The first kappa shape index (κ1) is 22.1. The highest BCUT2D eigenvalue weighted by Crippen LogP contribution is 2.28. The molecule has 0 heterocycles. The minimum Gasteiger partial charge on any atom is -0.507 e. The molecule has 1 aliphatic rings. The van der Waals surface area contributed by atoms with Crippen molar-refractivity contribution in [2.45, 2.75) is 25.7 Å². The van der Waals surface area contributed by atoms with Gasteiger partial charge in [0.2, 0.25) is 11.7 Å². The molecule has 0 saturated carbocycles. The van der Waals surface area contributed by atoms with E-state index in [2.05, 4.69) is 10.6 Å². The van der Waals surface area contributed by atoms with Crippen molar-refractivity contribution in [2.75, 3.05) is 26.2 Å². The zero-order valence-electron chi connectivity index (χ0n) is 16.0. The maximum Gasteiger partial charge on any atom is 0.257 e. The number of aromatic hydroxyl groups is 1. The number of carbonyl (C=O) groups is 4. The first-order valence-electron chi connectivity index (χ1n) is 9.43. The van der Waals surface area contributed by atoms with Crippen LogP contribution in [0.5, 0.6) is 5.75 Å². The van der Waals surface area contributed by atoms with Crippen LogP contribution in [0, 0.1) is 0 Å². The van der Waals surface area contributed by atoms with E-state index in [4.69, 9.17) is 10.5 Å². The van der Waals surface area contributed by atoms with Crippen LogP contribution in [-0.2, 0) is 14.3 Å². The largest absolute Gasteiger partial charge is 0.507 e. The van der Waals surface area contributed by atoms with Gasteiger partial charge in [-0.15, -0.1) is 0 Å². The molecule has 0 unspecified atom stereocenters. The lowest BCUT2D eigenvalue weighted by Gasteiger charge is -2.16. The van der Waals surface area contributed by atoms with Gasteiger partial charge in [-0.3, -0.25) is 19.2 Å². The molecule has 0 spiro atoms. The quantitative estimate of drug-likeness (QED) is 0.391. The van der Waals surface area contributed by atoms with Gasteiger partial charge in [0.15, 0.2) is 18.1 Å². The van der Waals surface area contributed by atoms with Crippen LogP contribution in [-0.4, -0.2) is 54.7 Å². The third-order valence-corrected chi connectivity index (χ3v) is 4.23. The Balaban J connectivity index is 1.68. The zero-order chi connectivity index (χ0) is 21.2. The van der Waals surface area contributed by atoms with Crippen molar-refractivity contribution < 1.29 is 29.0 Å². The van der Waals surface area contributed by atoms with Crippen LogP contribution in [0.2, 0.25) is 0 Å². The van der Waals surface area contributed by atoms with Crippen molar-refractivity contribution in [1.29, 1.82) is 0 Å². The summed E-state index contributed by atoms with van der Waals surface area (Å²) in [7, 11) is 0. The molecular formula is C20H25N3O6. The van der Waals surface area contributed by atoms with Crippen LogP contribution in [0.15, 0.2) is 30.0 Å². The first-order chi connectivity index (χ1) is 13.9. The highest BCUT2D eigenvalue weighted by Gasteiger charge is 2.29. The van der Waals surface area contributed by atoms with E-state index in [1.54, 1.807) is 0 Å². The minimum atomic E-state index is -0.561. The van der Waals surface area contributed by atoms with E-state index < -0.39 is 24.1 Å². The zero-order valence-corrected chi connectivity index (χ0v) is 16.0. The summed E-state index contributed by atoms with van der Waals surface area (Å²) in [6.45, 7) is 0.983. The predicted molar refractivity (Wildman–Crippen MR) is 104 cm³/mol. The topological polar surface area (TPSA) is 148 Å². The second-order valence-electron chi connectivity index (χ2n) is 6.49. The number of phenolic OH excluding ortho intramolecular Hbond substituents is 1. The predicted octanol–water partition coefficient (Wildman–Crippen LogP) is 0.423. The summed E-state index contributed by atoms with van der Waals surface area (Å²) in [5.41, 5.74) is 5.31. The van der Waals surface area contributed by atoms with Gasteiger partial charge in [-0.2, -0.15) is 0 Å². The molecule has 1 aromatic carbocycles. The fourth-order valence-corrected chi connectivity index (χ4v) is 2.74. The summed E-state index contributed by atoms with van der Waals surface area (Å²) in [6.07, 6.45) is 3.40. The molecule has 29 heavy (non-hydrogen) atoms. The van der Waals surface area contributed by atoms with E-state index in [1.807, 2.05) is 0 Å². The number of Topliss-reactive ketones (excluding diaryl/α,β-unsaturated/α-hetero) is 1. The monoisotopic (exact) mass is 403 g/mol. The third-order valence-electron chi connectivity index (χ3n) is 4.23. The second-order valence-corrected chi connectivity index (χ2v) is 6.49. The number of benzene rings is 1. The number of unbranched alkanes of at least 4 members (excludes halogenated alkanes) is 1. The standard InChI is InChI=1S/C20H25N3O6/c21-8-4-7-17(26)22-9-1-2-10-23-18(27)12-29-16-11-15(25)19-13(20(16)28)5-3-6-14(19)24/h3,5-6,11,24H,1-2,4,7-10,12,21H2,(H,22,26)(H,23,27). The Bertz CT molecular complexity index is 818. The van der Waals surface area contributed by atoms with Crippen molar-refractivity contribution in [1.82, 2.24) is 10.6 Å². The summed E-state index contributed by atoms with van der Waals surface area (Å²) in [5.74, 6) is -2.09. The van der Waals surface area contributed by atoms with Crippen LogP contribution in [0.25, 0.3) is 0 Å². The Morgan fingerprint density at radius 3 is 2.41 bits per heavy atom. The molecule has 9 nitrogen and oxygen atoms in total. The van der Waals surface area contributed by atoms with Crippen LogP contribution in [0.3, 0.4) is 0 Å². The van der Waals surface area contributed by atoms with Crippen molar-refractivity contribution >= 4 is 23.4 Å². The molecule has 0 saturated heterocycles. The molecule has 0 atom stereocenters. The number of hydrogen-bond donors (Lipinski definition) is 4. The molecule has 0 aliphatic heterocycles. The number of phenols is 1. The molecule has 0 bridgehead atoms. The summed E-state index contributed by atoms with van der Waals surface area (Å²) >= 11 is 0. The lowest BCUT2D eigenvalue weighted by Crippen LogP contribution is -2.30. The molecule has 0 fully saturated rings. The Labute approximate surface area is 168 Å². The molecule has 0 radical (unpaired) electrons. The molecule has 2 rings (SSSR count). The number of ketones is 2. The number of nitrogens with one attached hydrogen (secondary N) is 2. The van der Waals surface area contributed by atoms with Crippen LogP contribution in [0.4, 0.5) is 0 Å². The van der Waals surface area contributed by atoms with Crippen molar-refractivity contribution in [3.8, 4) is 5.75 Å². The number of amides is 2. The van der Waals surface area contributed by atoms with Gasteiger partial charge in [-0.1, -0.05) is 6.07 Å². The number of allylic oxidation sites excluding steroid dienone is 2. The van der Waals surface area contributed by atoms with Gasteiger partial charge < -0.3 is 26.2 Å². The van der Waals surface area contributed by atoms with Crippen molar-refractivity contribution in [3.05, 3.63) is 41.2 Å². The smallest absolute Gasteiger partial charge is 0.257 e. The minimum absolute atomic E-state index is 0.0391. The number of carbonyl (C=O) groups excluding carboxylic acids is 4. The van der Waals surface area contributed by atoms with E-state index in [1.165, 1.54) is 18.2 Å². The second kappa shape index (κ2) is 11.0. The molecule has 156 valence electrons. The Hall–Kier alpha value is -3.20. The Kier molecular flexibility index (Phi) is 8.35. The highest BCUT2D eigenvalue weighted by atomic mass is 16.5. The normalized spacial score (nSPS) is 12.8. The molecule has 9 heteroatoms. The maximum absolute atomic E-state index is 12.4. The fraction of sp³-hybridized carbons (Fsp3) is 0.400. The van der Waals surface area contributed by atoms with E-state index in [0.29, 0.717) is 45.3 Å². The van der Waals surface area contributed by atoms with Crippen molar-refractivity contribution in [2.24, 2.45) is 5.73 Å². The van der Waals surface area contributed by atoms with E-state index in [9.17, 15) is 24.3 Å². The molecule has 5 N–H and O–H groups in total. The van der Waals surface area contributed by atoms with Crippen LogP contribution < -0.4 is 16.4 Å². The summed E-state index contributed by atoms with van der Waals surface area (Å²) in [5, 5.41) is 15.2.